The normalized spacial score (nSPS) is 12.4. The minimum atomic E-state index is 0.438. The molecule has 0 amide bonds. The van der Waals surface area contributed by atoms with Crippen LogP contribution in [-0.4, -0.2) is 36.1 Å². The second-order valence-electron chi connectivity index (χ2n) is 4.57. The van der Waals surface area contributed by atoms with Crippen molar-refractivity contribution in [3.05, 3.63) is 29.8 Å². The standard InChI is InChI=1S/C14H23N3S/c1-4-11(2)17(3)10-9-16-13-8-6-5-7-12(13)14(15)18/h5-8,11,16H,4,9-10H2,1-3H3,(H2,15,18). The molecule has 0 bridgehead atoms. The quantitative estimate of drug-likeness (QED) is 0.743. The van der Waals surface area contributed by atoms with Gasteiger partial charge in [0.2, 0.25) is 0 Å². The van der Waals surface area contributed by atoms with Crippen molar-refractivity contribution >= 4 is 22.9 Å². The van der Waals surface area contributed by atoms with Gasteiger partial charge in [0.05, 0.1) is 0 Å². The van der Waals surface area contributed by atoms with Crippen molar-refractivity contribution in [1.82, 2.24) is 4.90 Å². The van der Waals surface area contributed by atoms with Crippen LogP contribution in [0.1, 0.15) is 25.8 Å². The van der Waals surface area contributed by atoms with Crippen LogP contribution in [-0.2, 0) is 0 Å². The lowest BCUT2D eigenvalue weighted by Crippen LogP contribution is -2.32. The molecule has 1 unspecified atom stereocenters. The number of thiocarbonyl (C=S) groups is 1. The minimum Gasteiger partial charge on any atom is -0.389 e. The molecule has 1 aromatic rings. The molecular weight excluding hydrogens is 242 g/mol. The Balaban J connectivity index is 2.51. The molecule has 1 atom stereocenters. The highest BCUT2D eigenvalue weighted by Gasteiger charge is 2.07. The maximum Gasteiger partial charge on any atom is 0.106 e. The van der Waals surface area contributed by atoms with E-state index in [1.165, 1.54) is 6.42 Å². The monoisotopic (exact) mass is 265 g/mol. The number of hydrogen-bond acceptors (Lipinski definition) is 3. The van der Waals surface area contributed by atoms with Crippen LogP contribution < -0.4 is 11.1 Å². The Hall–Kier alpha value is -1.13. The Kier molecular flexibility index (Phi) is 6.09. The van der Waals surface area contributed by atoms with Gasteiger partial charge in [0, 0.05) is 30.4 Å². The Bertz CT molecular complexity index is 392. The molecule has 1 aromatic carbocycles. The summed E-state index contributed by atoms with van der Waals surface area (Å²) in [5, 5.41) is 3.40. The highest BCUT2D eigenvalue weighted by molar-refractivity contribution is 7.80. The number of nitrogens with one attached hydrogen (secondary N) is 1. The van der Waals surface area contributed by atoms with Gasteiger partial charge in [-0.1, -0.05) is 31.3 Å². The number of para-hydroxylation sites is 1. The fourth-order valence-corrected chi connectivity index (χ4v) is 1.93. The van der Waals surface area contributed by atoms with Crippen LogP contribution in [0.3, 0.4) is 0 Å². The summed E-state index contributed by atoms with van der Waals surface area (Å²) in [5.41, 5.74) is 7.63. The minimum absolute atomic E-state index is 0.438. The zero-order valence-electron chi connectivity index (χ0n) is 11.4. The average molecular weight is 265 g/mol. The molecule has 0 aliphatic rings. The van der Waals surface area contributed by atoms with Gasteiger partial charge < -0.3 is 16.0 Å². The molecule has 1 rings (SSSR count). The van der Waals surface area contributed by atoms with E-state index in [9.17, 15) is 0 Å². The first-order valence-electron chi connectivity index (χ1n) is 6.39. The van der Waals surface area contributed by atoms with E-state index in [0.717, 1.165) is 24.3 Å². The number of rotatable bonds is 7. The van der Waals surface area contributed by atoms with E-state index in [4.69, 9.17) is 18.0 Å². The molecule has 18 heavy (non-hydrogen) atoms. The van der Waals surface area contributed by atoms with Crippen molar-refractivity contribution in [2.75, 3.05) is 25.5 Å². The van der Waals surface area contributed by atoms with Crippen molar-refractivity contribution in [3.63, 3.8) is 0 Å². The zero-order valence-corrected chi connectivity index (χ0v) is 12.3. The van der Waals surface area contributed by atoms with Gasteiger partial charge in [0.25, 0.3) is 0 Å². The summed E-state index contributed by atoms with van der Waals surface area (Å²) in [7, 11) is 2.15. The lowest BCUT2D eigenvalue weighted by molar-refractivity contribution is 0.261. The second-order valence-corrected chi connectivity index (χ2v) is 5.01. The molecule has 3 N–H and O–H groups in total. The lowest BCUT2D eigenvalue weighted by Gasteiger charge is -2.24. The van der Waals surface area contributed by atoms with Gasteiger partial charge >= 0.3 is 0 Å². The molecule has 0 saturated carbocycles. The molecule has 0 radical (unpaired) electrons. The smallest absolute Gasteiger partial charge is 0.106 e. The third kappa shape index (κ3) is 4.27. The molecule has 3 nitrogen and oxygen atoms in total. The largest absolute Gasteiger partial charge is 0.389 e. The molecule has 0 saturated heterocycles. The molecule has 0 aromatic heterocycles. The van der Waals surface area contributed by atoms with Gasteiger partial charge in [0.15, 0.2) is 0 Å². The predicted octanol–water partition coefficient (Wildman–Crippen LogP) is 2.46. The van der Waals surface area contributed by atoms with Crippen molar-refractivity contribution in [1.29, 1.82) is 0 Å². The third-order valence-corrected chi connectivity index (χ3v) is 3.54. The number of likely N-dealkylation sites (N-methyl/N-ethyl adjacent to an activating group) is 1. The van der Waals surface area contributed by atoms with Crippen molar-refractivity contribution < 1.29 is 0 Å². The van der Waals surface area contributed by atoms with Gasteiger partial charge in [-0.05, 0) is 32.5 Å². The fraction of sp³-hybridized carbons (Fsp3) is 0.500. The topological polar surface area (TPSA) is 41.3 Å². The number of hydrogen-bond donors (Lipinski definition) is 2. The maximum absolute atomic E-state index is 5.70. The van der Waals surface area contributed by atoms with Crippen LogP contribution in [0.25, 0.3) is 0 Å². The van der Waals surface area contributed by atoms with E-state index in [2.05, 4.69) is 31.1 Å². The predicted molar refractivity (Wildman–Crippen MR) is 83.2 cm³/mol. The van der Waals surface area contributed by atoms with Gasteiger partial charge in [-0.25, -0.2) is 0 Å². The molecule has 100 valence electrons. The van der Waals surface area contributed by atoms with Crippen LogP contribution >= 0.6 is 12.2 Å². The third-order valence-electron chi connectivity index (χ3n) is 3.32. The van der Waals surface area contributed by atoms with Crippen LogP contribution in [0.2, 0.25) is 0 Å². The SMILES string of the molecule is CCC(C)N(C)CCNc1ccccc1C(N)=S. The van der Waals surface area contributed by atoms with E-state index in [1.54, 1.807) is 0 Å². The molecule has 0 spiro atoms. The lowest BCUT2D eigenvalue weighted by atomic mass is 10.2. The summed E-state index contributed by atoms with van der Waals surface area (Å²) in [4.78, 5) is 2.78. The summed E-state index contributed by atoms with van der Waals surface area (Å²) < 4.78 is 0. The van der Waals surface area contributed by atoms with E-state index in [-0.39, 0.29) is 0 Å². The average Bonchev–Trinajstić information content (AvgIpc) is 2.38. The molecule has 0 heterocycles. The van der Waals surface area contributed by atoms with E-state index >= 15 is 0 Å². The molecule has 0 aliphatic heterocycles. The van der Waals surface area contributed by atoms with Crippen molar-refractivity contribution in [2.45, 2.75) is 26.3 Å². The van der Waals surface area contributed by atoms with E-state index in [0.29, 0.717) is 11.0 Å². The first kappa shape index (κ1) is 14.9. The van der Waals surface area contributed by atoms with E-state index in [1.807, 2.05) is 24.3 Å². The van der Waals surface area contributed by atoms with Crippen LogP contribution in [0.5, 0.6) is 0 Å². The van der Waals surface area contributed by atoms with Crippen LogP contribution in [0.4, 0.5) is 5.69 Å². The summed E-state index contributed by atoms with van der Waals surface area (Å²) in [6, 6.07) is 8.51. The molecule has 0 fully saturated rings. The van der Waals surface area contributed by atoms with Crippen molar-refractivity contribution in [2.24, 2.45) is 5.73 Å². The van der Waals surface area contributed by atoms with Crippen LogP contribution in [0, 0.1) is 0 Å². The van der Waals surface area contributed by atoms with Gasteiger partial charge in [-0.2, -0.15) is 0 Å². The van der Waals surface area contributed by atoms with Crippen LogP contribution in [0.15, 0.2) is 24.3 Å². The van der Waals surface area contributed by atoms with Crippen molar-refractivity contribution in [3.8, 4) is 0 Å². The number of nitrogens with zero attached hydrogens (tertiary/aromatic N) is 1. The maximum atomic E-state index is 5.70. The molecular formula is C14H23N3S. The zero-order chi connectivity index (χ0) is 13.5. The summed E-state index contributed by atoms with van der Waals surface area (Å²) >= 11 is 5.04. The summed E-state index contributed by atoms with van der Waals surface area (Å²) in [5.74, 6) is 0. The van der Waals surface area contributed by atoms with E-state index < -0.39 is 0 Å². The highest BCUT2D eigenvalue weighted by atomic mass is 32.1. The Labute approximate surface area is 115 Å². The Morgan fingerprint density at radius 2 is 2.11 bits per heavy atom. The van der Waals surface area contributed by atoms with Gasteiger partial charge in [-0.15, -0.1) is 0 Å². The first-order chi connectivity index (χ1) is 8.56. The summed E-state index contributed by atoms with van der Waals surface area (Å²) in [6.07, 6.45) is 1.17. The van der Waals surface area contributed by atoms with Gasteiger partial charge in [-0.3, -0.25) is 0 Å². The number of nitrogens with two attached hydrogens (primary N) is 1. The highest BCUT2D eigenvalue weighted by Crippen LogP contribution is 2.14. The molecule has 0 aliphatic carbocycles. The molecule has 4 heteroatoms. The Morgan fingerprint density at radius 1 is 1.44 bits per heavy atom. The first-order valence-corrected chi connectivity index (χ1v) is 6.80. The fourth-order valence-electron chi connectivity index (χ4n) is 1.75. The Morgan fingerprint density at radius 3 is 2.72 bits per heavy atom. The van der Waals surface area contributed by atoms with Gasteiger partial charge in [0.1, 0.15) is 4.99 Å². The number of benzene rings is 1. The summed E-state index contributed by atoms with van der Waals surface area (Å²) in [6.45, 7) is 6.33. The second kappa shape index (κ2) is 7.34. The number of anilines is 1.